The van der Waals surface area contributed by atoms with Gasteiger partial charge in [0.1, 0.15) is 5.76 Å². The van der Waals surface area contributed by atoms with Crippen LogP contribution in [0.4, 0.5) is 0 Å². The van der Waals surface area contributed by atoms with Gasteiger partial charge in [-0.25, -0.2) is 0 Å². The predicted molar refractivity (Wildman–Crippen MR) is 71.8 cm³/mol. The molecule has 0 aromatic carbocycles. The van der Waals surface area contributed by atoms with E-state index >= 15 is 0 Å². The highest BCUT2D eigenvalue weighted by Gasteiger charge is 2.49. The van der Waals surface area contributed by atoms with Crippen molar-refractivity contribution in [1.82, 2.24) is 0 Å². The first-order chi connectivity index (χ1) is 8.58. The van der Waals surface area contributed by atoms with E-state index in [2.05, 4.69) is 27.0 Å². The van der Waals surface area contributed by atoms with Crippen LogP contribution in [-0.4, -0.2) is 12.4 Å². The van der Waals surface area contributed by atoms with Crippen molar-refractivity contribution in [3.8, 4) is 0 Å². The average Bonchev–Trinajstić information content (AvgIpc) is 2.49. The second kappa shape index (κ2) is 4.41. The van der Waals surface area contributed by atoms with Gasteiger partial charge >= 0.3 is 0 Å². The molecule has 1 unspecified atom stereocenters. The summed E-state index contributed by atoms with van der Waals surface area (Å²) < 4.78 is 12.0. The standard InChI is InChI=1S/C16H24O2/c1-9-5-7-14-11(3)12(4)18-16-15(14)13(9)8-6-10(2)17-16/h9-10,13-16H,3-8H2,1-2H3/t9-,10+,13+,14+,15?,16+/m1/s1. The summed E-state index contributed by atoms with van der Waals surface area (Å²) in [5, 5.41) is 0. The summed E-state index contributed by atoms with van der Waals surface area (Å²) in [5.41, 5.74) is 1.12. The van der Waals surface area contributed by atoms with Crippen LogP contribution in [0.1, 0.15) is 39.5 Å². The molecule has 3 rings (SSSR count). The normalized spacial score (nSPS) is 48.1. The first-order valence-corrected chi connectivity index (χ1v) is 7.28. The van der Waals surface area contributed by atoms with E-state index in [9.17, 15) is 0 Å². The van der Waals surface area contributed by atoms with Gasteiger partial charge in [0, 0.05) is 5.92 Å². The Hall–Kier alpha value is -0.760. The first kappa shape index (κ1) is 12.3. The molecule has 100 valence electrons. The van der Waals surface area contributed by atoms with Crippen molar-refractivity contribution >= 4 is 0 Å². The highest BCUT2D eigenvalue weighted by atomic mass is 16.7. The molecular formula is C16H24O2. The second-order valence-electron chi connectivity index (χ2n) is 6.36. The molecule has 2 saturated heterocycles. The fraction of sp³-hybridized carbons (Fsp3) is 0.750. The fourth-order valence-corrected chi connectivity index (χ4v) is 4.15. The SMILES string of the molecule is C=C1O[C@@H]2O[C@@H](C)CC[C@@H]3C2[C@@H](CC[C@H]3C)C1=C. The molecule has 0 bridgehead atoms. The maximum atomic E-state index is 6.09. The van der Waals surface area contributed by atoms with Gasteiger partial charge in [0.05, 0.1) is 6.10 Å². The van der Waals surface area contributed by atoms with Crippen LogP contribution in [0.15, 0.2) is 24.5 Å². The Balaban J connectivity index is 1.95. The average molecular weight is 248 g/mol. The summed E-state index contributed by atoms with van der Waals surface area (Å²) in [4.78, 5) is 0. The van der Waals surface area contributed by atoms with E-state index in [1.54, 1.807) is 0 Å². The number of allylic oxidation sites excluding steroid dienone is 1. The molecule has 0 aromatic heterocycles. The van der Waals surface area contributed by atoms with Crippen LogP contribution < -0.4 is 0 Å². The molecule has 2 heterocycles. The molecular weight excluding hydrogens is 224 g/mol. The molecule has 0 amide bonds. The lowest BCUT2D eigenvalue weighted by atomic mass is 9.62. The lowest BCUT2D eigenvalue weighted by Gasteiger charge is -2.48. The molecule has 6 atom stereocenters. The van der Waals surface area contributed by atoms with Crippen molar-refractivity contribution in [1.29, 1.82) is 0 Å². The van der Waals surface area contributed by atoms with Crippen molar-refractivity contribution < 1.29 is 9.47 Å². The van der Waals surface area contributed by atoms with E-state index in [0.29, 0.717) is 17.9 Å². The summed E-state index contributed by atoms with van der Waals surface area (Å²) >= 11 is 0. The molecule has 2 nitrogen and oxygen atoms in total. The number of rotatable bonds is 0. The summed E-state index contributed by atoms with van der Waals surface area (Å²) in [6, 6.07) is 0. The summed E-state index contributed by atoms with van der Waals surface area (Å²) in [7, 11) is 0. The zero-order chi connectivity index (χ0) is 12.9. The highest BCUT2D eigenvalue weighted by Crippen LogP contribution is 2.52. The predicted octanol–water partition coefficient (Wildman–Crippen LogP) is 3.89. The lowest BCUT2D eigenvalue weighted by Crippen LogP contribution is -2.46. The molecule has 2 heteroatoms. The van der Waals surface area contributed by atoms with E-state index in [4.69, 9.17) is 9.47 Å². The Bertz CT molecular complexity index is 373. The van der Waals surface area contributed by atoms with Crippen LogP contribution in [0, 0.1) is 23.7 Å². The molecule has 3 fully saturated rings. The topological polar surface area (TPSA) is 18.5 Å². The maximum Gasteiger partial charge on any atom is 0.203 e. The van der Waals surface area contributed by atoms with E-state index in [1.165, 1.54) is 19.3 Å². The zero-order valence-corrected chi connectivity index (χ0v) is 11.5. The number of hydrogen-bond donors (Lipinski definition) is 0. The van der Waals surface area contributed by atoms with E-state index in [0.717, 1.165) is 29.6 Å². The first-order valence-electron chi connectivity index (χ1n) is 7.28. The minimum absolute atomic E-state index is 0.0850. The Labute approximate surface area is 110 Å². The monoisotopic (exact) mass is 248 g/mol. The Morgan fingerprint density at radius 2 is 1.83 bits per heavy atom. The van der Waals surface area contributed by atoms with Gasteiger partial charge < -0.3 is 9.47 Å². The van der Waals surface area contributed by atoms with Gasteiger partial charge in [0.2, 0.25) is 6.29 Å². The number of ether oxygens (including phenoxy) is 2. The Kier molecular flexibility index (Phi) is 3.01. The number of hydrogen-bond acceptors (Lipinski definition) is 2. The summed E-state index contributed by atoms with van der Waals surface area (Å²) in [6.07, 6.45) is 5.16. The fourth-order valence-electron chi connectivity index (χ4n) is 4.15. The summed E-state index contributed by atoms with van der Waals surface area (Å²) in [6.45, 7) is 12.8. The molecule has 0 aromatic rings. The Morgan fingerprint density at radius 1 is 1.06 bits per heavy atom. The maximum absolute atomic E-state index is 6.09. The second-order valence-corrected chi connectivity index (χ2v) is 6.36. The van der Waals surface area contributed by atoms with Crippen LogP contribution in [0.5, 0.6) is 0 Å². The quantitative estimate of drug-likeness (QED) is 0.647. The zero-order valence-electron chi connectivity index (χ0n) is 11.5. The molecule has 18 heavy (non-hydrogen) atoms. The minimum Gasteiger partial charge on any atom is -0.465 e. The van der Waals surface area contributed by atoms with Gasteiger partial charge in [-0.3, -0.25) is 0 Å². The van der Waals surface area contributed by atoms with Crippen LogP contribution in [-0.2, 0) is 9.47 Å². The third-order valence-electron chi connectivity index (χ3n) is 5.27. The van der Waals surface area contributed by atoms with Gasteiger partial charge in [-0.2, -0.15) is 0 Å². The lowest BCUT2D eigenvalue weighted by molar-refractivity contribution is -0.200. The largest absolute Gasteiger partial charge is 0.465 e. The molecule has 0 spiro atoms. The minimum atomic E-state index is -0.0850. The summed E-state index contributed by atoms with van der Waals surface area (Å²) in [5.74, 6) is 3.29. The van der Waals surface area contributed by atoms with Gasteiger partial charge in [-0.1, -0.05) is 20.1 Å². The molecule has 0 N–H and O–H groups in total. The van der Waals surface area contributed by atoms with Gasteiger partial charge in [0.25, 0.3) is 0 Å². The van der Waals surface area contributed by atoms with Crippen LogP contribution >= 0.6 is 0 Å². The van der Waals surface area contributed by atoms with Crippen molar-refractivity contribution in [3.63, 3.8) is 0 Å². The van der Waals surface area contributed by atoms with Crippen molar-refractivity contribution in [2.45, 2.75) is 51.9 Å². The Morgan fingerprint density at radius 3 is 2.61 bits per heavy atom. The highest BCUT2D eigenvalue weighted by molar-refractivity contribution is 5.27. The van der Waals surface area contributed by atoms with E-state index in [1.807, 2.05) is 0 Å². The van der Waals surface area contributed by atoms with Crippen LogP contribution in [0.2, 0.25) is 0 Å². The van der Waals surface area contributed by atoms with Gasteiger partial charge in [-0.15, -0.1) is 0 Å². The molecule has 2 aliphatic heterocycles. The van der Waals surface area contributed by atoms with Crippen molar-refractivity contribution in [2.24, 2.45) is 23.7 Å². The van der Waals surface area contributed by atoms with Gasteiger partial charge in [0.15, 0.2) is 0 Å². The van der Waals surface area contributed by atoms with Crippen LogP contribution in [0.3, 0.4) is 0 Å². The van der Waals surface area contributed by atoms with Crippen molar-refractivity contribution in [2.75, 3.05) is 0 Å². The molecule has 1 saturated carbocycles. The van der Waals surface area contributed by atoms with Crippen LogP contribution in [0.25, 0.3) is 0 Å². The van der Waals surface area contributed by atoms with Gasteiger partial charge in [-0.05, 0) is 55.9 Å². The third kappa shape index (κ3) is 1.82. The molecule has 1 aliphatic carbocycles. The smallest absolute Gasteiger partial charge is 0.203 e. The van der Waals surface area contributed by atoms with E-state index < -0.39 is 0 Å². The van der Waals surface area contributed by atoms with E-state index in [-0.39, 0.29) is 6.29 Å². The third-order valence-corrected chi connectivity index (χ3v) is 5.27. The van der Waals surface area contributed by atoms with Crippen molar-refractivity contribution in [3.05, 3.63) is 24.5 Å². The molecule has 0 radical (unpaired) electrons. The molecule has 3 aliphatic rings.